The summed E-state index contributed by atoms with van der Waals surface area (Å²) in [6, 6.07) is 5.62. The molecule has 98 valence electrons. The van der Waals surface area contributed by atoms with Crippen LogP contribution in [0.5, 0.6) is 0 Å². The van der Waals surface area contributed by atoms with Crippen molar-refractivity contribution in [3.8, 4) is 0 Å². The molecule has 1 aliphatic carbocycles. The van der Waals surface area contributed by atoms with E-state index < -0.39 is 0 Å². The molecule has 1 fully saturated rings. The minimum absolute atomic E-state index is 0.325. The molecule has 1 aromatic rings. The predicted octanol–water partition coefficient (Wildman–Crippen LogP) is 1.94. The van der Waals surface area contributed by atoms with Gasteiger partial charge in [0.15, 0.2) is 0 Å². The second kappa shape index (κ2) is 6.66. The van der Waals surface area contributed by atoms with Gasteiger partial charge >= 0.3 is 0 Å². The van der Waals surface area contributed by atoms with Crippen molar-refractivity contribution in [2.24, 2.45) is 11.7 Å². The highest BCUT2D eigenvalue weighted by atomic mass is 32.1. The van der Waals surface area contributed by atoms with Crippen molar-refractivity contribution in [1.29, 1.82) is 0 Å². The highest BCUT2D eigenvalue weighted by molar-refractivity contribution is 7.80. The van der Waals surface area contributed by atoms with E-state index in [0.717, 1.165) is 37.9 Å². The van der Waals surface area contributed by atoms with Crippen LogP contribution in [0.15, 0.2) is 18.2 Å². The third-order valence-electron chi connectivity index (χ3n) is 2.82. The van der Waals surface area contributed by atoms with Gasteiger partial charge in [-0.3, -0.25) is 0 Å². The molecule has 0 unspecified atom stereocenters. The molecular weight excluding hydrogens is 246 g/mol. The summed E-state index contributed by atoms with van der Waals surface area (Å²) >= 11 is 4.89. The number of hydrogen-bond donors (Lipinski definition) is 2. The van der Waals surface area contributed by atoms with Gasteiger partial charge in [-0.05, 0) is 37.3 Å². The fourth-order valence-electron chi connectivity index (χ4n) is 1.60. The van der Waals surface area contributed by atoms with Crippen LogP contribution in [0.2, 0.25) is 0 Å². The fourth-order valence-corrected chi connectivity index (χ4v) is 1.71. The van der Waals surface area contributed by atoms with E-state index in [-0.39, 0.29) is 0 Å². The molecule has 18 heavy (non-hydrogen) atoms. The van der Waals surface area contributed by atoms with Gasteiger partial charge in [-0.1, -0.05) is 18.3 Å². The quantitative estimate of drug-likeness (QED) is 0.555. The number of ether oxygens (including phenoxy) is 1. The molecule has 0 aliphatic heterocycles. The summed E-state index contributed by atoms with van der Waals surface area (Å²) < 4.78 is 5.56. The zero-order valence-corrected chi connectivity index (χ0v) is 11.2. The van der Waals surface area contributed by atoms with E-state index in [2.05, 4.69) is 10.3 Å². The summed E-state index contributed by atoms with van der Waals surface area (Å²) in [5.74, 6) is 1.64. The van der Waals surface area contributed by atoms with E-state index in [4.69, 9.17) is 22.7 Å². The molecule has 0 aromatic carbocycles. The lowest BCUT2D eigenvalue weighted by molar-refractivity contribution is 0.124. The van der Waals surface area contributed by atoms with Crippen LogP contribution in [0, 0.1) is 5.92 Å². The maximum absolute atomic E-state index is 5.56. The Morgan fingerprint density at radius 2 is 2.33 bits per heavy atom. The standard InChI is InChI=1S/C13H19N3OS/c14-13(18)11-3-1-4-12(16-11)15-7-2-8-17-9-10-5-6-10/h1,3-4,10H,2,5-9H2,(H2,14,18)(H,15,16). The third kappa shape index (κ3) is 4.58. The summed E-state index contributed by atoms with van der Waals surface area (Å²) in [5.41, 5.74) is 6.19. The highest BCUT2D eigenvalue weighted by Gasteiger charge is 2.20. The molecule has 0 spiro atoms. The number of rotatable bonds is 8. The fraction of sp³-hybridized carbons (Fsp3) is 0.538. The average molecular weight is 265 g/mol. The van der Waals surface area contributed by atoms with Crippen molar-refractivity contribution in [1.82, 2.24) is 4.98 Å². The normalized spacial score (nSPS) is 14.4. The molecule has 0 saturated heterocycles. The number of thiocarbonyl (C=S) groups is 1. The lowest BCUT2D eigenvalue weighted by atomic mass is 10.3. The van der Waals surface area contributed by atoms with Gasteiger partial charge in [-0.2, -0.15) is 0 Å². The first kappa shape index (κ1) is 13.2. The number of nitrogens with zero attached hydrogens (tertiary/aromatic N) is 1. The van der Waals surface area contributed by atoms with E-state index >= 15 is 0 Å². The van der Waals surface area contributed by atoms with E-state index in [0.29, 0.717) is 10.7 Å². The van der Waals surface area contributed by atoms with Crippen LogP contribution in [0.4, 0.5) is 5.82 Å². The Morgan fingerprint density at radius 3 is 3.06 bits per heavy atom. The maximum Gasteiger partial charge on any atom is 0.126 e. The van der Waals surface area contributed by atoms with Crippen LogP contribution >= 0.6 is 12.2 Å². The highest BCUT2D eigenvalue weighted by Crippen LogP contribution is 2.28. The molecule has 1 aromatic heterocycles. The van der Waals surface area contributed by atoms with E-state index in [1.165, 1.54) is 12.8 Å². The Hall–Kier alpha value is -1.20. The van der Waals surface area contributed by atoms with Crippen LogP contribution in [0.1, 0.15) is 25.0 Å². The molecule has 0 atom stereocenters. The number of anilines is 1. The molecule has 1 aliphatic rings. The average Bonchev–Trinajstić information content (AvgIpc) is 3.18. The van der Waals surface area contributed by atoms with Gasteiger partial charge < -0.3 is 15.8 Å². The van der Waals surface area contributed by atoms with E-state index in [9.17, 15) is 0 Å². The second-order valence-corrected chi connectivity index (χ2v) is 5.01. The van der Waals surface area contributed by atoms with Gasteiger partial charge in [0.2, 0.25) is 0 Å². The van der Waals surface area contributed by atoms with Crippen LogP contribution in [0.25, 0.3) is 0 Å². The first-order chi connectivity index (χ1) is 8.75. The van der Waals surface area contributed by atoms with Crippen molar-refractivity contribution in [2.45, 2.75) is 19.3 Å². The Bertz CT molecular complexity index is 407. The second-order valence-electron chi connectivity index (χ2n) is 4.57. The molecule has 4 nitrogen and oxygen atoms in total. The number of nitrogens with one attached hydrogen (secondary N) is 1. The maximum atomic E-state index is 5.56. The Balaban J connectivity index is 1.62. The van der Waals surface area contributed by atoms with Crippen LogP contribution in [-0.4, -0.2) is 29.7 Å². The van der Waals surface area contributed by atoms with Gasteiger partial charge in [-0.15, -0.1) is 0 Å². The predicted molar refractivity (Wildman–Crippen MR) is 76.8 cm³/mol. The van der Waals surface area contributed by atoms with Crippen LogP contribution < -0.4 is 11.1 Å². The van der Waals surface area contributed by atoms with Gasteiger partial charge in [0.1, 0.15) is 10.8 Å². The first-order valence-electron chi connectivity index (χ1n) is 6.34. The first-order valence-corrected chi connectivity index (χ1v) is 6.75. The minimum Gasteiger partial charge on any atom is -0.388 e. The zero-order valence-electron chi connectivity index (χ0n) is 10.4. The lowest BCUT2D eigenvalue weighted by Gasteiger charge is -2.07. The summed E-state index contributed by atoms with van der Waals surface area (Å²) in [7, 11) is 0. The van der Waals surface area contributed by atoms with Crippen molar-refractivity contribution >= 4 is 23.0 Å². The lowest BCUT2D eigenvalue weighted by Crippen LogP contribution is -2.13. The number of hydrogen-bond acceptors (Lipinski definition) is 4. The number of aromatic nitrogens is 1. The molecule has 1 saturated carbocycles. The molecular formula is C13H19N3OS. The topological polar surface area (TPSA) is 60.2 Å². The van der Waals surface area contributed by atoms with Gasteiger partial charge in [0.05, 0.1) is 5.69 Å². The SMILES string of the molecule is NC(=S)c1cccc(NCCCOCC2CC2)n1. The van der Waals surface area contributed by atoms with Crippen molar-refractivity contribution in [3.63, 3.8) is 0 Å². The minimum atomic E-state index is 0.325. The van der Waals surface area contributed by atoms with Crippen LogP contribution in [-0.2, 0) is 4.74 Å². The van der Waals surface area contributed by atoms with Gasteiger partial charge in [0.25, 0.3) is 0 Å². The smallest absolute Gasteiger partial charge is 0.126 e. The summed E-state index contributed by atoms with van der Waals surface area (Å²) in [4.78, 5) is 4.64. The Labute approximate surface area is 113 Å². The van der Waals surface area contributed by atoms with Crippen LogP contribution in [0.3, 0.4) is 0 Å². The third-order valence-corrected chi connectivity index (χ3v) is 3.03. The zero-order chi connectivity index (χ0) is 12.8. The summed E-state index contributed by atoms with van der Waals surface area (Å²) in [5, 5.41) is 3.24. The molecule has 3 N–H and O–H groups in total. The molecule has 0 amide bonds. The number of pyridine rings is 1. The summed E-state index contributed by atoms with van der Waals surface area (Å²) in [6.07, 6.45) is 3.66. The van der Waals surface area contributed by atoms with E-state index in [1.807, 2.05) is 18.2 Å². The molecule has 5 heteroatoms. The molecule has 2 rings (SSSR count). The molecule has 0 bridgehead atoms. The van der Waals surface area contributed by atoms with E-state index in [1.54, 1.807) is 0 Å². The molecule has 1 heterocycles. The summed E-state index contributed by atoms with van der Waals surface area (Å²) in [6.45, 7) is 2.58. The Kier molecular flexibility index (Phi) is 4.90. The van der Waals surface area contributed by atoms with Crippen molar-refractivity contribution < 1.29 is 4.74 Å². The largest absolute Gasteiger partial charge is 0.388 e. The molecule has 0 radical (unpaired) electrons. The van der Waals surface area contributed by atoms with Gasteiger partial charge in [-0.25, -0.2) is 4.98 Å². The Morgan fingerprint density at radius 1 is 1.50 bits per heavy atom. The van der Waals surface area contributed by atoms with Crippen molar-refractivity contribution in [2.75, 3.05) is 25.1 Å². The van der Waals surface area contributed by atoms with Gasteiger partial charge in [0, 0.05) is 19.8 Å². The number of nitrogens with two attached hydrogens (primary N) is 1. The van der Waals surface area contributed by atoms with Crippen molar-refractivity contribution in [3.05, 3.63) is 23.9 Å². The monoisotopic (exact) mass is 265 g/mol.